The zero-order valence-electron chi connectivity index (χ0n) is 4.66. The fraction of sp³-hybridized carbons (Fsp3) is 0.400. The molecular weight excluding hydrogens is 104 g/mol. The fourth-order valence-electron chi connectivity index (χ4n) is 0.519. The van der Waals surface area contributed by atoms with E-state index in [1.54, 1.807) is 10.9 Å². The summed E-state index contributed by atoms with van der Waals surface area (Å²) in [6.45, 7) is 2.70. The fourth-order valence-corrected chi connectivity index (χ4v) is 0.519. The molecule has 1 aromatic heterocycles. The molecule has 0 saturated heterocycles. The number of hydrogen-bond donors (Lipinski definition) is 0. The minimum atomic E-state index is -0.160. The smallest absolute Gasteiger partial charge is 0.269 e. The topological polar surface area (TPSA) is 37.7 Å². The van der Waals surface area contributed by atoms with Gasteiger partial charge in [0.1, 0.15) is 0 Å². The molecule has 43 valence electrons. The predicted octanol–water partition coefficient (Wildman–Crippen LogP) is 1.05. The average Bonchev–Trinajstić information content (AvgIpc) is 2.14. The Balaban J connectivity index is 2.84. The Bertz CT molecular complexity index is 171. The molecule has 3 heteroatoms. The molecule has 1 aromatic rings. The van der Waals surface area contributed by atoms with Crippen LogP contribution in [0.4, 0.5) is 0 Å². The standard InChI is InChI=1S/C5H7N2O/c1-2-7-4-3-5(8)6-7/h3-4H,2H2,1H3. The van der Waals surface area contributed by atoms with Crippen LogP contribution in [0.3, 0.4) is 0 Å². The van der Waals surface area contributed by atoms with E-state index >= 15 is 0 Å². The average molecular weight is 111 g/mol. The number of rotatable bonds is 1. The molecule has 0 atom stereocenters. The van der Waals surface area contributed by atoms with Crippen molar-refractivity contribution in [1.29, 1.82) is 0 Å². The Morgan fingerprint density at radius 1 is 1.88 bits per heavy atom. The lowest BCUT2D eigenvalue weighted by atomic mass is 10.7. The highest BCUT2D eigenvalue weighted by molar-refractivity contribution is 5.01. The SMILES string of the molecule is CCn1ccc([O])n1. The Morgan fingerprint density at radius 2 is 2.62 bits per heavy atom. The molecular formula is C5H7N2O. The van der Waals surface area contributed by atoms with Gasteiger partial charge >= 0.3 is 0 Å². The van der Waals surface area contributed by atoms with Crippen LogP contribution in [0, 0.1) is 0 Å². The summed E-state index contributed by atoms with van der Waals surface area (Å²) in [4.78, 5) is 0. The third-order valence-electron chi connectivity index (χ3n) is 0.940. The van der Waals surface area contributed by atoms with Crippen molar-refractivity contribution in [1.82, 2.24) is 9.78 Å². The van der Waals surface area contributed by atoms with Gasteiger partial charge in [-0.25, -0.2) is 0 Å². The molecule has 0 bridgehead atoms. The second-order valence-corrected chi connectivity index (χ2v) is 1.51. The van der Waals surface area contributed by atoms with Crippen LogP contribution >= 0.6 is 0 Å². The predicted molar refractivity (Wildman–Crippen MR) is 28.0 cm³/mol. The van der Waals surface area contributed by atoms with E-state index in [9.17, 15) is 5.11 Å². The van der Waals surface area contributed by atoms with Crippen molar-refractivity contribution >= 4 is 0 Å². The first-order valence-corrected chi connectivity index (χ1v) is 2.53. The molecule has 0 saturated carbocycles. The Labute approximate surface area is 47.6 Å². The molecule has 0 amide bonds. The molecule has 8 heavy (non-hydrogen) atoms. The van der Waals surface area contributed by atoms with Crippen LogP contribution in [0.2, 0.25) is 0 Å². The van der Waals surface area contributed by atoms with Gasteiger partial charge in [0.25, 0.3) is 5.88 Å². The van der Waals surface area contributed by atoms with Gasteiger partial charge in [-0.1, -0.05) is 0 Å². The van der Waals surface area contributed by atoms with Gasteiger partial charge in [-0.05, 0) is 6.92 Å². The highest BCUT2D eigenvalue weighted by atomic mass is 16.3. The molecule has 1 radical (unpaired) electrons. The van der Waals surface area contributed by atoms with E-state index in [1.165, 1.54) is 6.07 Å². The third kappa shape index (κ3) is 0.804. The van der Waals surface area contributed by atoms with E-state index in [2.05, 4.69) is 5.10 Å². The zero-order valence-corrected chi connectivity index (χ0v) is 4.66. The van der Waals surface area contributed by atoms with Gasteiger partial charge in [0.15, 0.2) is 0 Å². The first kappa shape index (κ1) is 5.15. The molecule has 0 aromatic carbocycles. The molecule has 0 N–H and O–H groups in total. The maximum Gasteiger partial charge on any atom is 0.287 e. The van der Waals surface area contributed by atoms with Crippen molar-refractivity contribution in [2.75, 3.05) is 0 Å². The molecule has 1 heterocycles. The monoisotopic (exact) mass is 111 g/mol. The Kier molecular flexibility index (Phi) is 1.20. The van der Waals surface area contributed by atoms with Crippen LogP contribution in [-0.2, 0) is 11.7 Å². The summed E-state index contributed by atoms with van der Waals surface area (Å²) in [6.07, 6.45) is 1.67. The molecule has 0 aliphatic heterocycles. The van der Waals surface area contributed by atoms with Crippen molar-refractivity contribution < 1.29 is 5.11 Å². The van der Waals surface area contributed by atoms with Crippen LogP contribution in [0.15, 0.2) is 12.3 Å². The Hall–Kier alpha value is -0.990. The molecule has 3 nitrogen and oxygen atoms in total. The molecule has 0 unspecified atom stereocenters. The summed E-state index contributed by atoms with van der Waals surface area (Å²) in [5.74, 6) is -0.160. The van der Waals surface area contributed by atoms with Crippen LogP contribution in [0.1, 0.15) is 6.92 Å². The van der Waals surface area contributed by atoms with Gasteiger partial charge in [-0.15, -0.1) is 5.10 Å². The lowest BCUT2D eigenvalue weighted by Gasteiger charge is -1.87. The maximum atomic E-state index is 10.3. The first-order chi connectivity index (χ1) is 3.83. The quantitative estimate of drug-likeness (QED) is 0.533. The molecule has 1 rings (SSSR count). The minimum absolute atomic E-state index is 0.160. The largest absolute Gasteiger partial charge is 0.287 e. The van der Waals surface area contributed by atoms with E-state index in [0.717, 1.165) is 6.54 Å². The van der Waals surface area contributed by atoms with Crippen molar-refractivity contribution in [2.24, 2.45) is 0 Å². The van der Waals surface area contributed by atoms with Crippen LogP contribution in [-0.4, -0.2) is 9.78 Å². The van der Waals surface area contributed by atoms with Gasteiger partial charge in [0, 0.05) is 18.8 Å². The van der Waals surface area contributed by atoms with Gasteiger partial charge in [0.05, 0.1) is 0 Å². The van der Waals surface area contributed by atoms with Crippen molar-refractivity contribution in [3.05, 3.63) is 12.3 Å². The van der Waals surface area contributed by atoms with Crippen molar-refractivity contribution in [2.45, 2.75) is 13.5 Å². The third-order valence-corrected chi connectivity index (χ3v) is 0.940. The lowest BCUT2D eigenvalue weighted by molar-refractivity contribution is 0.330. The summed E-state index contributed by atoms with van der Waals surface area (Å²) in [6, 6.07) is 1.45. The van der Waals surface area contributed by atoms with Crippen molar-refractivity contribution in [3.63, 3.8) is 0 Å². The molecule has 0 aliphatic carbocycles. The zero-order chi connectivity index (χ0) is 5.98. The van der Waals surface area contributed by atoms with Gasteiger partial charge in [-0.3, -0.25) is 9.79 Å². The highest BCUT2D eigenvalue weighted by Crippen LogP contribution is 2.01. The van der Waals surface area contributed by atoms with E-state index in [1.807, 2.05) is 6.92 Å². The van der Waals surface area contributed by atoms with E-state index in [0.29, 0.717) is 0 Å². The molecule has 0 fully saturated rings. The summed E-state index contributed by atoms with van der Waals surface area (Å²) in [5, 5.41) is 13.9. The summed E-state index contributed by atoms with van der Waals surface area (Å²) in [7, 11) is 0. The second kappa shape index (κ2) is 1.86. The van der Waals surface area contributed by atoms with Gasteiger partial charge in [0.2, 0.25) is 0 Å². The van der Waals surface area contributed by atoms with E-state index in [4.69, 9.17) is 0 Å². The minimum Gasteiger partial charge on any atom is -0.269 e. The van der Waals surface area contributed by atoms with Gasteiger partial charge in [-0.2, -0.15) is 0 Å². The van der Waals surface area contributed by atoms with E-state index in [-0.39, 0.29) is 5.88 Å². The summed E-state index contributed by atoms with van der Waals surface area (Å²) >= 11 is 0. The second-order valence-electron chi connectivity index (χ2n) is 1.51. The molecule has 0 aliphatic rings. The number of aromatic nitrogens is 2. The molecule has 0 spiro atoms. The number of aryl methyl sites for hydroxylation is 1. The van der Waals surface area contributed by atoms with Crippen molar-refractivity contribution in [3.8, 4) is 5.88 Å². The number of hydrogen-bond acceptors (Lipinski definition) is 1. The summed E-state index contributed by atoms with van der Waals surface area (Å²) in [5.41, 5.74) is 0. The Morgan fingerprint density at radius 3 is 2.88 bits per heavy atom. The lowest BCUT2D eigenvalue weighted by Crippen LogP contribution is -1.91. The number of nitrogens with zero attached hydrogens (tertiary/aromatic N) is 2. The maximum absolute atomic E-state index is 10.3. The normalized spacial score (nSPS) is 9.62. The van der Waals surface area contributed by atoms with Crippen LogP contribution in [0.25, 0.3) is 0 Å². The van der Waals surface area contributed by atoms with Crippen LogP contribution < -0.4 is 0 Å². The van der Waals surface area contributed by atoms with Gasteiger partial charge < -0.3 is 0 Å². The highest BCUT2D eigenvalue weighted by Gasteiger charge is 1.91. The van der Waals surface area contributed by atoms with Crippen LogP contribution in [0.5, 0.6) is 5.88 Å². The van der Waals surface area contributed by atoms with E-state index < -0.39 is 0 Å². The first-order valence-electron chi connectivity index (χ1n) is 2.53. The summed E-state index contributed by atoms with van der Waals surface area (Å²) < 4.78 is 1.60.